The number of aliphatic hydroxyl groups excluding tert-OH is 3. The van der Waals surface area contributed by atoms with E-state index in [-0.39, 0.29) is 18.6 Å². The summed E-state index contributed by atoms with van der Waals surface area (Å²) >= 11 is 0. The molecular formula is C10H21NO3. The SMILES string of the molecule is CC(C)CN[C@@H]1C[C@H](CO)[C@@H](O)[C@H]1O. The lowest BCUT2D eigenvalue weighted by atomic mass is 10.1. The molecule has 1 fully saturated rings. The summed E-state index contributed by atoms with van der Waals surface area (Å²) in [5, 5.41) is 31.3. The predicted molar refractivity (Wildman–Crippen MR) is 53.8 cm³/mol. The van der Waals surface area contributed by atoms with Gasteiger partial charge in [0.05, 0.1) is 12.2 Å². The Morgan fingerprint density at radius 2 is 1.93 bits per heavy atom. The zero-order valence-corrected chi connectivity index (χ0v) is 8.85. The monoisotopic (exact) mass is 203 g/mol. The van der Waals surface area contributed by atoms with E-state index in [0.29, 0.717) is 12.3 Å². The summed E-state index contributed by atoms with van der Waals surface area (Å²) in [7, 11) is 0. The smallest absolute Gasteiger partial charge is 0.0955 e. The Hall–Kier alpha value is -0.160. The van der Waals surface area contributed by atoms with Gasteiger partial charge in [0.1, 0.15) is 0 Å². The Balaban J connectivity index is 2.40. The lowest BCUT2D eigenvalue weighted by Crippen LogP contribution is -2.41. The zero-order valence-electron chi connectivity index (χ0n) is 8.85. The van der Waals surface area contributed by atoms with Gasteiger partial charge in [0, 0.05) is 18.6 Å². The minimum atomic E-state index is -0.787. The number of rotatable bonds is 4. The molecule has 1 aliphatic carbocycles. The van der Waals surface area contributed by atoms with Crippen molar-refractivity contribution in [2.24, 2.45) is 11.8 Å². The molecule has 84 valence electrons. The maximum absolute atomic E-state index is 9.65. The molecular weight excluding hydrogens is 182 g/mol. The van der Waals surface area contributed by atoms with Gasteiger partial charge >= 0.3 is 0 Å². The van der Waals surface area contributed by atoms with Crippen molar-refractivity contribution in [3.05, 3.63) is 0 Å². The highest BCUT2D eigenvalue weighted by Crippen LogP contribution is 2.26. The first-order valence-electron chi connectivity index (χ1n) is 5.26. The first kappa shape index (κ1) is 11.9. The summed E-state index contributed by atoms with van der Waals surface area (Å²) in [5.41, 5.74) is 0. The van der Waals surface area contributed by atoms with Gasteiger partial charge in [-0.25, -0.2) is 0 Å². The third-order valence-electron chi connectivity index (χ3n) is 2.82. The highest BCUT2D eigenvalue weighted by Gasteiger charge is 2.40. The molecule has 1 saturated carbocycles. The molecule has 0 amide bonds. The van der Waals surface area contributed by atoms with Crippen LogP contribution in [0.2, 0.25) is 0 Å². The molecule has 4 nitrogen and oxygen atoms in total. The van der Waals surface area contributed by atoms with Crippen LogP contribution in [-0.2, 0) is 0 Å². The van der Waals surface area contributed by atoms with E-state index in [4.69, 9.17) is 5.11 Å². The normalized spacial score (nSPS) is 38.1. The summed E-state index contributed by atoms with van der Waals surface area (Å²) in [6.07, 6.45) is -0.887. The van der Waals surface area contributed by atoms with Crippen molar-refractivity contribution in [2.45, 2.75) is 38.5 Å². The molecule has 0 radical (unpaired) electrons. The number of nitrogens with one attached hydrogen (secondary N) is 1. The van der Waals surface area contributed by atoms with Crippen LogP contribution in [0.1, 0.15) is 20.3 Å². The zero-order chi connectivity index (χ0) is 10.7. The van der Waals surface area contributed by atoms with Crippen LogP contribution in [0.3, 0.4) is 0 Å². The van der Waals surface area contributed by atoms with E-state index < -0.39 is 12.2 Å². The molecule has 0 heterocycles. The molecule has 14 heavy (non-hydrogen) atoms. The van der Waals surface area contributed by atoms with Crippen LogP contribution in [0, 0.1) is 11.8 Å². The van der Waals surface area contributed by atoms with E-state index in [1.807, 2.05) is 0 Å². The summed E-state index contributed by atoms with van der Waals surface area (Å²) in [5.74, 6) is 0.335. The Morgan fingerprint density at radius 1 is 1.29 bits per heavy atom. The molecule has 1 rings (SSSR count). The molecule has 0 aliphatic heterocycles. The largest absolute Gasteiger partial charge is 0.396 e. The van der Waals surface area contributed by atoms with Gasteiger partial charge in [-0.05, 0) is 18.9 Å². The van der Waals surface area contributed by atoms with Gasteiger partial charge in [-0.3, -0.25) is 0 Å². The van der Waals surface area contributed by atoms with Crippen LogP contribution in [0.25, 0.3) is 0 Å². The van der Waals surface area contributed by atoms with Crippen molar-refractivity contribution in [3.63, 3.8) is 0 Å². The molecule has 4 atom stereocenters. The average Bonchev–Trinajstić information content (AvgIpc) is 2.41. The topological polar surface area (TPSA) is 72.7 Å². The van der Waals surface area contributed by atoms with Crippen LogP contribution in [0.5, 0.6) is 0 Å². The molecule has 0 bridgehead atoms. The summed E-state index contributed by atoms with van der Waals surface area (Å²) in [6.45, 7) is 4.95. The number of aliphatic hydroxyl groups is 3. The summed E-state index contributed by atoms with van der Waals surface area (Å²) < 4.78 is 0. The Labute approximate surface area is 85.0 Å². The van der Waals surface area contributed by atoms with Gasteiger partial charge in [-0.2, -0.15) is 0 Å². The minimum absolute atomic E-state index is 0.0575. The fourth-order valence-electron chi connectivity index (χ4n) is 1.90. The lowest BCUT2D eigenvalue weighted by molar-refractivity contribution is -0.000380. The number of hydrogen-bond acceptors (Lipinski definition) is 4. The molecule has 0 spiro atoms. The van der Waals surface area contributed by atoms with Crippen LogP contribution < -0.4 is 5.32 Å². The average molecular weight is 203 g/mol. The molecule has 4 N–H and O–H groups in total. The standard InChI is InChI=1S/C10H21NO3/c1-6(2)4-11-8-3-7(5-12)9(13)10(8)14/h6-14H,3-5H2,1-2H3/t7-,8-,9-,10+/m1/s1. The third-order valence-corrected chi connectivity index (χ3v) is 2.82. The first-order valence-corrected chi connectivity index (χ1v) is 5.26. The third kappa shape index (κ3) is 2.67. The van der Waals surface area contributed by atoms with Gasteiger partial charge in [0.25, 0.3) is 0 Å². The second kappa shape index (κ2) is 5.07. The molecule has 0 aromatic carbocycles. The van der Waals surface area contributed by atoms with Crippen molar-refractivity contribution in [2.75, 3.05) is 13.2 Å². The molecule has 1 aliphatic rings. The Morgan fingerprint density at radius 3 is 2.36 bits per heavy atom. The van der Waals surface area contributed by atoms with E-state index in [0.717, 1.165) is 6.54 Å². The Kier molecular flexibility index (Phi) is 4.31. The quantitative estimate of drug-likeness (QED) is 0.489. The van der Waals surface area contributed by atoms with Crippen molar-refractivity contribution in [1.82, 2.24) is 5.32 Å². The highest BCUT2D eigenvalue weighted by molar-refractivity contribution is 4.95. The molecule has 0 aromatic heterocycles. The summed E-state index contributed by atoms with van der Waals surface area (Å²) in [4.78, 5) is 0. The second-order valence-electron chi connectivity index (χ2n) is 4.57. The van der Waals surface area contributed by atoms with Crippen LogP contribution >= 0.6 is 0 Å². The van der Waals surface area contributed by atoms with Crippen LogP contribution in [0.4, 0.5) is 0 Å². The lowest BCUT2D eigenvalue weighted by Gasteiger charge is -2.19. The second-order valence-corrected chi connectivity index (χ2v) is 4.57. The van der Waals surface area contributed by atoms with Crippen molar-refractivity contribution in [3.8, 4) is 0 Å². The first-order chi connectivity index (χ1) is 6.56. The minimum Gasteiger partial charge on any atom is -0.396 e. The van der Waals surface area contributed by atoms with Crippen molar-refractivity contribution in [1.29, 1.82) is 0 Å². The summed E-state index contributed by atoms with van der Waals surface area (Å²) in [6, 6.07) is -0.0791. The van der Waals surface area contributed by atoms with E-state index in [1.165, 1.54) is 0 Å². The fraction of sp³-hybridized carbons (Fsp3) is 1.00. The van der Waals surface area contributed by atoms with E-state index in [2.05, 4.69) is 19.2 Å². The van der Waals surface area contributed by atoms with Crippen molar-refractivity contribution >= 4 is 0 Å². The Bertz CT molecular complexity index is 175. The molecule has 4 heteroatoms. The fourth-order valence-corrected chi connectivity index (χ4v) is 1.90. The molecule has 0 unspecified atom stereocenters. The van der Waals surface area contributed by atoms with E-state index >= 15 is 0 Å². The maximum atomic E-state index is 9.65. The molecule has 0 aromatic rings. The molecule has 0 saturated heterocycles. The predicted octanol–water partition coefficient (Wildman–Crippen LogP) is -0.665. The van der Waals surface area contributed by atoms with Gasteiger partial charge in [-0.1, -0.05) is 13.8 Å². The highest BCUT2D eigenvalue weighted by atomic mass is 16.3. The number of hydrogen-bond donors (Lipinski definition) is 4. The van der Waals surface area contributed by atoms with Gasteiger partial charge in [0.15, 0.2) is 0 Å². The van der Waals surface area contributed by atoms with E-state index in [1.54, 1.807) is 0 Å². The van der Waals surface area contributed by atoms with Gasteiger partial charge in [0.2, 0.25) is 0 Å². The van der Waals surface area contributed by atoms with E-state index in [9.17, 15) is 10.2 Å². The van der Waals surface area contributed by atoms with Crippen molar-refractivity contribution < 1.29 is 15.3 Å². The van der Waals surface area contributed by atoms with Crippen LogP contribution in [-0.4, -0.2) is 46.7 Å². The van der Waals surface area contributed by atoms with Gasteiger partial charge in [-0.15, -0.1) is 0 Å². The van der Waals surface area contributed by atoms with Crippen LogP contribution in [0.15, 0.2) is 0 Å². The van der Waals surface area contributed by atoms with Gasteiger partial charge < -0.3 is 20.6 Å². The maximum Gasteiger partial charge on any atom is 0.0955 e.